The van der Waals surface area contributed by atoms with Crippen molar-refractivity contribution in [3.05, 3.63) is 59.3 Å². The van der Waals surface area contributed by atoms with Crippen molar-refractivity contribution in [1.82, 2.24) is 19.7 Å². The number of amides is 1. The molecule has 0 unspecified atom stereocenters. The molecule has 1 N–H and O–H groups in total. The van der Waals surface area contributed by atoms with Crippen LogP contribution in [0.2, 0.25) is 0 Å². The maximum Gasteiger partial charge on any atom is 0.249 e. The van der Waals surface area contributed by atoms with Crippen molar-refractivity contribution >= 4 is 29.1 Å². The number of aromatic nitrogens is 4. The molecule has 0 aromatic carbocycles. The van der Waals surface area contributed by atoms with E-state index in [9.17, 15) is 4.79 Å². The highest BCUT2D eigenvalue weighted by Gasteiger charge is 2.03. The summed E-state index contributed by atoms with van der Waals surface area (Å²) in [6, 6.07) is 7.33. The van der Waals surface area contributed by atoms with Gasteiger partial charge in [0, 0.05) is 29.4 Å². The monoisotopic (exact) mass is 297 g/mol. The van der Waals surface area contributed by atoms with E-state index < -0.39 is 0 Å². The molecular weight excluding hydrogens is 286 g/mol. The van der Waals surface area contributed by atoms with Crippen molar-refractivity contribution in [1.29, 1.82) is 0 Å². The Balaban J connectivity index is 1.70. The standard InChI is InChI=1S/C14H11N5OS/c20-14(5-4-11-3-1-8-21-11)18-12-9-13(16-10-15-12)19-7-2-6-17-19/h1-10H,(H,15,16,18,20)/b5-4+. The lowest BCUT2D eigenvalue weighted by molar-refractivity contribution is -0.111. The average molecular weight is 297 g/mol. The van der Waals surface area contributed by atoms with Crippen molar-refractivity contribution < 1.29 is 4.79 Å². The summed E-state index contributed by atoms with van der Waals surface area (Å²) in [4.78, 5) is 21.0. The van der Waals surface area contributed by atoms with Gasteiger partial charge in [0.05, 0.1) is 0 Å². The molecule has 3 heterocycles. The van der Waals surface area contributed by atoms with Gasteiger partial charge in [0.25, 0.3) is 0 Å². The lowest BCUT2D eigenvalue weighted by atomic mass is 10.4. The van der Waals surface area contributed by atoms with Gasteiger partial charge in [0.15, 0.2) is 5.82 Å². The van der Waals surface area contributed by atoms with Crippen molar-refractivity contribution in [3.63, 3.8) is 0 Å². The van der Waals surface area contributed by atoms with E-state index in [4.69, 9.17) is 0 Å². The summed E-state index contributed by atoms with van der Waals surface area (Å²) >= 11 is 1.57. The van der Waals surface area contributed by atoms with Crippen LogP contribution in [-0.2, 0) is 4.79 Å². The molecule has 0 radical (unpaired) electrons. The third-order valence-electron chi connectivity index (χ3n) is 2.59. The predicted octanol–water partition coefficient (Wildman–Crippen LogP) is 2.38. The van der Waals surface area contributed by atoms with Gasteiger partial charge in [-0.05, 0) is 23.6 Å². The van der Waals surface area contributed by atoms with Crippen LogP contribution in [0, 0.1) is 0 Å². The van der Waals surface area contributed by atoms with Gasteiger partial charge in [-0.2, -0.15) is 5.10 Å². The molecule has 0 aliphatic heterocycles. The van der Waals surface area contributed by atoms with Gasteiger partial charge >= 0.3 is 0 Å². The molecule has 6 nitrogen and oxygen atoms in total. The van der Waals surface area contributed by atoms with Crippen LogP contribution in [0.1, 0.15) is 4.88 Å². The van der Waals surface area contributed by atoms with E-state index in [1.54, 1.807) is 46.6 Å². The minimum absolute atomic E-state index is 0.242. The van der Waals surface area contributed by atoms with Gasteiger partial charge in [0.2, 0.25) is 5.91 Å². The van der Waals surface area contributed by atoms with Crippen molar-refractivity contribution in [2.75, 3.05) is 5.32 Å². The van der Waals surface area contributed by atoms with Crippen LogP contribution in [0.4, 0.5) is 5.82 Å². The number of carbonyl (C=O) groups is 1. The molecule has 0 saturated heterocycles. The maximum absolute atomic E-state index is 11.8. The van der Waals surface area contributed by atoms with Crippen LogP contribution >= 0.6 is 11.3 Å². The number of anilines is 1. The Kier molecular flexibility index (Phi) is 3.83. The van der Waals surface area contributed by atoms with Crippen LogP contribution < -0.4 is 5.32 Å². The van der Waals surface area contributed by atoms with Gasteiger partial charge in [-0.25, -0.2) is 14.6 Å². The van der Waals surface area contributed by atoms with Crippen LogP contribution in [0.5, 0.6) is 0 Å². The summed E-state index contributed by atoms with van der Waals surface area (Å²) in [5.41, 5.74) is 0. The summed E-state index contributed by atoms with van der Waals surface area (Å²) in [6.45, 7) is 0. The largest absolute Gasteiger partial charge is 0.307 e. The molecule has 0 bridgehead atoms. The van der Waals surface area contributed by atoms with Gasteiger partial charge in [0.1, 0.15) is 12.1 Å². The topological polar surface area (TPSA) is 72.7 Å². The average Bonchev–Trinajstić information content (AvgIpc) is 3.19. The molecule has 3 aromatic rings. The van der Waals surface area contributed by atoms with E-state index in [0.29, 0.717) is 11.6 Å². The first-order chi connectivity index (χ1) is 10.3. The molecule has 1 amide bonds. The first kappa shape index (κ1) is 13.2. The Hall–Kier alpha value is -2.80. The van der Waals surface area contributed by atoms with E-state index in [1.807, 2.05) is 17.5 Å². The molecule has 0 aliphatic rings. The molecule has 7 heteroatoms. The molecule has 21 heavy (non-hydrogen) atoms. The maximum atomic E-state index is 11.8. The normalized spacial score (nSPS) is 10.9. The first-order valence-corrected chi connectivity index (χ1v) is 7.04. The fourth-order valence-corrected chi connectivity index (χ4v) is 2.27. The SMILES string of the molecule is O=C(/C=C/c1cccs1)Nc1cc(-n2cccn2)ncn1. The van der Waals surface area contributed by atoms with Crippen LogP contribution in [0.15, 0.2) is 54.4 Å². The smallest absolute Gasteiger partial charge is 0.249 e. The molecule has 3 rings (SSSR count). The second-order valence-corrected chi connectivity index (χ2v) is 5.03. The Labute approximate surface area is 124 Å². The molecule has 0 atom stereocenters. The van der Waals surface area contributed by atoms with Crippen LogP contribution in [0.25, 0.3) is 11.9 Å². The number of carbonyl (C=O) groups excluding carboxylic acids is 1. The Bertz CT molecular complexity index is 750. The highest BCUT2D eigenvalue weighted by molar-refractivity contribution is 7.10. The van der Waals surface area contributed by atoms with Gasteiger partial charge in [-0.3, -0.25) is 4.79 Å². The highest BCUT2D eigenvalue weighted by atomic mass is 32.1. The molecule has 0 fully saturated rings. The quantitative estimate of drug-likeness (QED) is 0.750. The zero-order chi connectivity index (χ0) is 14.5. The van der Waals surface area contributed by atoms with Crippen molar-refractivity contribution in [3.8, 4) is 5.82 Å². The number of hydrogen-bond acceptors (Lipinski definition) is 5. The fraction of sp³-hybridized carbons (Fsp3) is 0. The zero-order valence-corrected chi connectivity index (χ0v) is 11.7. The molecule has 0 spiro atoms. The van der Waals surface area contributed by atoms with E-state index >= 15 is 0 Å². The molecule has 0 saturated carbocycles. The third kappa shape index (κ3) is 3.40. The van der Waals surface area contributed by atoms with Gasteiger partial charge in [-0.1, -0.05) is 6.07 Å². The fourth-order valence-electron chi connectivity index (χ4n) is 1.66. The summed E-state index contributed by atoms with van der Waals surface area (Å²) in [5, 5.41) is 8.73. The second kappa shape index (κ2) is 6.10. The minimum Gasteiger partial charge on any atom is -0.307 e. The van der Waals surface area contributed by atoms with E-state index in [-0.39, 0.29) is 5.91 Å². The van der Waals surface area contributed by atoms with Crippen molar-refractivity contribution in [2.24, 2.45) is 0 Å². The zero-order valence-electron chi connectivity index (χ0n) is 10.9. The number of nitrogens with one attached hydrogen (secondary N) is 1. The lowest BCUT2D eigenvalue weighted by Gasteiger charge is -2.03. The number of nitrogens with zero attached hydrogens (tertiary/aromatic N) is 4. The highest BCUT2D eigenvalue weighted by Crippen LogP contribution is 2.11. The molecule has 3 aromatic heterocycles. The first-order valence-electron chi connectivity index (χ1n) is 6.16. The van der Waals surface area contributed by atoms with Crippen LogP contribution in [-0.4, -0.2) is 25.7 Å². The van der Waals surface area contributed by atoms with E-state index in [0.717, 1.165) is 4.88 Å². The van der Waals surface area contributed by atoms with E-state index in [2.05, 4.69) is 20.4 Å². The summed E-state index contributed by atoms with van der Waals surface area (Å²) in [7, 11) is 0. The van der Waals surface area contributed by atoms with E-state index in [1.165, 1.54) is 12.4 Å². The number of hydrogen-bond donors (Lipinski definition) is 1. The molecular formula is C14H11N5OS. The van der Waals surface area contributed by atoms with Gasteiger partial charge < -0.3 is 5.32 Å². The second-order valence-electron chi connectivity index (χ2n) is 4.05. The summed E-state index contributed by atoms with van der Waals surface area (Å²) in [5.74, 6) is 0.775. The lowest BCUT2D eigenvalue weighted by Crippen LogP contribution is -2.10. The third-order valence-corrected chi connectivity index (χ3v) is 3.42. The molecule has 104 valence electrons. The number of thiophene rings is 1. The summed E-state index contributed by atoms with van der Waals surface area (Å²) in [6.07, 6.45) is 8.04. The Morgan fingerprint density at radius 3 is 3.05 bits per heavy atom. The molecule has 0 aliphatic carbocycles. The minimum atomic E-state index is -0.242. The number of rotatable bonds is 4. The Morgan fingerprint density at radius 1 is 1.33 bits per heavy atom. The summed E-state index contributed by atoms with van der Waals surface area (Å²) < 4.78 is 1.60. The predicted molar refractivity (Wildman–Crippen MR) is 81.1 cm³/mol. The van der Waals surface area contributed by atoms with Gasteiger partial charge in [-0.15, -0.1) is 11.3 Å². The van der Waals surface area contributed by atoms with Crippen molar-refractivity contribution in [2.45, 2.75) is 0 Å². The van der Waals surface area contributed by atoms with Crippen LogP contribution in [0.3, 0.4) is 0 Å². The Morgan fingerprint density at radius 2 is 2.29 bits per heavy atom.